The number of esters is 1. The van der Waals surface area contributed by atoms with Gasteiger partial charge in [0.1, 0.15) is 0 Å². The van der Waals surface area contributed by atoms with Crippen LogP contribution in [-0.2, 0) is 9.53 Å². The Bertz CT molecular complexity index is 504. The molecule has 1 heterocycles. The van der Waals surface area contributed by atoms with Gasteiger partial charge in [0.05, 0.1) is 24.6 Å². The van der Waals surface area contributed by atoms with Crippen molar-refractivity contribution in [3.63, 3.8) is 0 Å². The van der Waals surface area contributed by atoms with E-state index in [1.807, 2.05) is 0 Å². The van der Waals surface area contributed by atoms with Gasteiger partial charge in [0.2, 0.25) is 0 Å². The van der Waals surface area contributed by atoms with E-state index in [1.54, 1.807) is 0 Å². The summed E-state index contributed by atoms with van der Waals surface area (Å²) in [5.74, 6) is -1.47. The maximum atomic E-state index is 11.5. The molecule has 0 aliphatic heterocycles. The second-order valence-electron chi connectivity index (χ2n) is 3.83. The predicted molar refractivity (Wildman–Crippen MR) is 69.5 cm³/mol. The van der Waals surface area contributed by atoms with Gasteiger partial charge in [-0.05, 0) is 12.5 Å². The van der Waals surface area contributed by atoms with Crippen molar-refractivity contribution >= 4 is 23.7 Å². The van der Waals surface area contributed by atoms with Crippen molar-refractivity contribution in [2.75, 3.05) is 19.0 Å². The minimum Gasteiger partial charge on any atom is -0.481 e. The van der Waals surface area contributed by atoms with Gasteiger partial charge in [0.25, 0.3) is 0 Å². The van der Waals surface area contributed by atoms with Gasteiger partial charge in [0, 0.05) is 19.2 Å². The van der Waals surface area contributed by atoms with E-state index in [9.17, 15) is 14.4 Å². The summed E-state index contributed by atoms with van der Waals surface area (Å²) in [7, 11) is 1.25. The lowest BCUT2D eigenvalue weighted by atomic mass is 10.2. The van der Waals surface area contributed by atoms with Crippen molar-refractivity contribution in [2.45, 2.75) is 12.8 Å². The van der Waals surface area contributed by atoms with Crippen molar-refractivity contribution in [3.05, 3.63) is 24.0 Å². The normalized spacial score (nSPS) is 9.65. The summed E-state index contributed by atoms with van der Waals surface area (Å²) in [5.41, 5.74) is 0.555. The van der Waals surface area contributed by atoms with Crippen molar-refractivity contribution in [3.8, 4) is 0 Å². The Morgan fingerprint density at radius 3 is 2.75 bits per heavy atom. The van der Waals surface area contributed by atoms with E-state index in [4.69, 9.17) is 5.11 Å². The summed E-state index contributed by atoms with van der Waals surface area (Å²) in [6, 6.07) is 0.926. The monoisotopic (exact) mass is 281 g/mol. The molecular weight excluding hydrogens is 266 g/mol. The van der Waals surface area contributed by atoms with Crippen LogP contribution < -0.4 is 10.6 Å². The molecule has 8 nitrogen and oxygen atoms in total. The number of amides is 2. The number of carboxylic acids is 1. The number of pyridine rings is 1. The van der Waals surface area contributed by atoms with Crippen LogP contribution in [0.3, 0.4) is 0 Å². The number of rotatable bonds is 6. The van der Waals surface area contributed by atoms with Crippen LogP contribution in [0.25, 0.3) is 0 Å². The first kappa shape index (κ1) is 15.4. The highest BCUT2D eigenvalue weighted by molar-refractivity contribution is 5.93. The number of hydrogen-bond acceptors (Lipinski definition) is 5. The number of ether oxygens (including phenoxy) is 1. The summed E-state index contributed by atoms with van der Waals surface area (Å²) in [5, 5.41) is 13.4. The third-order valence-corrected chi connectivity index (χ3v) is 2.27. The molecule has 1 aromatic rings. The van der Waals surface area contributed by atoms with E-state index >= 15 is 0 Å². The SMILES string of the molecule is COC(=O)c1cncc(NC(=O)NCCCC(=O)O)c1. The molecule has 1 rings (SSSR count). The van der Waals surface area contributed by atoms with Crippen LogP contribution in [0.1, 0.15) is 23.2 Å². The molecule has 0 aliphatic rings. The quantitative estimate of drug-likeness (QED) is 0.525. The Hall–Kier alpha value is -2.64. The number of urea groups is 1. The number of carbonyl (C=O) groups is 3. The van der Waals surface area contributed by atoms with Gasteiger partial charge in [-0.15, -0.1) is 0 Å². The smallest absolute Gasteiger partial charge is 0.339 e. The minimum atomic E-state index is -0.915. The predicted octanol–water partition coefficient (Wildman–Crippen LogP) is 0.854. The lowest BCUT2D eigenvalue weighted by Gasteiger charge is -2.07. The zero-order valence-corrected chi connectivity index (χ0v) is 10.9. The molecule has 0 aromatic carbocycles. The van der Waals surface area contributed by atoms with Crippen LogP contribution in [0.5, 0.6) is 0 Å². The zero-order valence-electron chi connectivity index (χ0n) is 10.9. The lowest BCUT2D eigenvalue weighted by Crippen LogP contribution is -2.29. The standard InChI is InChI=1S/C12H15N3O5/c1-20-11(18)8-5-9(7-13-6-8)15-12(19)14-4-2-3-10(16)17/h5-7H,2-4H2,1H3,(H,16,17)(H2,14,15,19). The maximum absolute atomic E-state index is 11.5. The number of nitrogens with zero attached hydrogens (tertiary/aromatic N) is 1. The van der Waals surface area contributed by atoms with Gasteiger partial charge >= 0.3 is 18.0 Å². The Labute approximate surface area is 115 Å². The van der Waals surface area contributed by atoms with E-state index < -0.39 is 18.0 Å². The van der Waals surface area contributed by atoms with Gasteiger partial charge in [-0.2, -0.15) is 0 Å². The number of methoxy groups -OCH3 is 1. The largest absolute Gasteiger partial charge is 0.481 e. The van der Waals surface area contributed by atoms with E-state index in [0.717, 1.165) is 0 Å². The average Bonchev–Trinajstić information content (AvgIpc) is 2.43. The Morgan fingerprint density at radius 2 is 2.10 bits per heavy atom. The molecule has 0 saturated heterocycles. The molecule has 20 heavy (non-hydrogen) atoms. The van der Waals surface area contributed by atoms with Crippen molar-refractivity contribution in [2.24, 2.45) is 0 Å². The number of aromatic nitrogens is 1. The minimum absolute atomic E-state index is 0.0142. The van der Waals surface area contributed by atoms with Crippen molar-refractivity contribution in [1.29, 1.82) is 0 Å². The second kappa shape index (κ2) is 7.72. The highest BCUT2D eigenvalue weighted by Crippen LogP contribution is 2.09. The molecule has 0 radical (unpaired) electrons. The molecule has 1 aromatic heterocycles. The maximum Gasteiger partial charge on any atom is 0.339 e. The highest BCUT2D eigenvalue weighted by atomic mass is 16.5. The van der Waals surface area contributed by atoms with Crippen LogP contribution in [-0.4, -0.2) is 41.7 Å². The van der Waals surface area contributed by atoms with Gasteiger partial charge in [-0.25, -0.2) is 9.59 Å². The highest BCUT2D eigenvalue weighted by Gasteiger charge is 2.08. The summed E-state index contributed by atoms with van der Waals surface area (Å²) < 4.78 is 4.54. The van der Waals surface area contributed by atoms with Gasteiger partial charge in [-0.1, -0.05) is 0 Å². The summed E-state index contributed by atoms with van der Waals surface area (Å²) in [6.07, 6.45) is 3.02. The molecular formula is C12H15N3O5. The molecule has 0 unspecified atom stereocenters. The van der Waals surface area contributed by atoms with E-state index in [2.05, 4.69) is 20.4 Å². The van der Waals surface area contributed by atoms with Gasteiger partial charge in [0.15, 0.2) is 0 Å². The summed E-state index contributed by atoms with van der Waals surface area (Å²) in [6.45, 7) is 0.238. The summed E-state index contributed by atoms with van der Waals surface area (Å²) >= 11 is 0. The fourth-order valence-electron chi connectivity index (χ4n) is 1.35. The first-order chi connectivity index (χ1) is 9.52. The molecule has 0 spiro atoms. The number of aliphatic carboxylic acids is 1. The van der Waals surface area contributed by atoms with E-state index in [-0.39, 0.29) is 18.5 Å². The number of carbonyl (C=O) groups excluding carboxylic acids is 2. The van der Waals surface area contributed by atoms with Crippen LogP contribution >= 0.6 is 0 Å². The fraction of sp³-hybridized carbons (Fsp3) is 0.333. The third-order valence-electron chi connectivity index (χ3n) is 2.27. The first-order valence-electron chi connectivity index (χ1n) is 5.83. The van der Waals surface area contributed by atoms with Crippen molar-refractivity contribution in [1.82, 2.24) is 10.3 Å². The van der Waals surface area contributed by atoms with Gasteiger partial charge < -0.3 is 20.5 Å². The summed E-state index contributed by atoms with van der Waals surface area (Å²) in [4.78, 5) is 36.9. The van der Waals surface area contributed by atoms with E-state index in [1.165, 1.54) is 25.6 Å². The molecule has 0 aliphatic carbocycles. The molecule has 0 atom stereocenters. The molecule has 0 saturated carbocycles. The second-order valence-corrected chi connectivity index (χ2v) is 3.83. The third kappa shape index (κ3) is 5.34. The Kier molecular flexibility index (Phi) is 5.95. The molecule has 3 N–H and O–H groups in total. The lowest BCUT2D eigenvalue weighted by molar-refractivity contribution is -0.137. The number of nitrogens with one attached hydrogen (secondary N) is 2. The number of carboxylic acid groups (broad SMARTS) is 1. The molecule has 2 amide bonds. The Balaban J connectivity index is 2.45. The number of hydrogen-bond donors (Lipinski definition) is 3. The molecule has 8 heteroatoms. The molecule has 108 valence electrons. The zero-order chi connectivity index (χ0) is 15.0. The molecule has 0 bridgehead atoms. The first-order valence-corrected chi connectivity index (χ1v) is 5.83. The van der Waals surface area contributed by atoms with Crippen LogP contribution in [0.2, 0.25) is 0 Å². The van der Waals surface area contributed by atoms with Crippen molar-refractivity contribution < 1.29 is 24.2 Å². The molecule has 0 fully saturated rings. The van der Waals surface area contributed by atoms with Crippen LogP contribution in [0.4, 0.5) is 10.5 Å². The van der Waals surface area contributed by atoms with Gasteiger partial charge in [-0.3, -0.25) is 9.78 Å². The van der Waals surface area contributed by atoms with Crippen LogP contribution in [0.15, 0.2) is 18.5 Å². The Morgan fingerprint density at radius 1 is 1.35 bits per heavy atom. The van der Waals surface area contributed by atoms with Crippen LogP contribution in [0, 0.1) is 0 Å². The topological polar surface area (TPSA) is 118 Å². The fourth-order valence-corrected chi connectivity index (χ4v) is 1.35. The average molecular weight is 281 g/mol. The number of anilines is 1. The van der Waals surface area contributed by atoms with E-state index in [0.29, 0.717) is 12.1 Å².